The Labute approximate surface area is 123 Å². The second-order valence-corrected chi connectivity index (χ2v) is 5.68. The number of carbonyl (C=O) groups is 1. The Morgan fingerprint density at radius 3 is 2.76 bits per heavy atom. The van der Waals surface area contributed by atoms with Crippen LogP contribution in [-0.4, -0.2) is 16.9 Å². The maximum Gasteiger partial charge on any atom is 0.292 e. The number of anilines is 1. The highest BCUT2D eigenvalue weighted by molar-refractivity contribution is 6.01. The number of carbonyl (C=O) groups excluding carboxylic acids is 1. The average molecular weight is 291 g/mol. The molecule has 3 unspecified atom stereocenters. The fourth-order valence-electron chi connectivity index (χ4n) is 3.18. The third-order valence-electron chi connectivity index (χ3n) is 4.59. The molecule has 0 radical (unpaired) electrons. The van der Waals surface area contributed by atoms with Gasteiger partial charge in [-0.25, -0.2) is 0 Å². The maximum atomic E-state index is 12.3. The van der Waals surface area contributed by atoms with Gasteiger partial charge in [0.1, 0.15) is 5.69 Å². The first-order valence-corrected chi connectivity index (χ1v) is 7.29. The number of rotatable bonds is 4. The van der Waals surface area contributed by atoms with E-state index in [9.17, 15) is 14.9 Å². The van der Waals surface area contributed by atoms with Crippen LogP contribution < -0.4 is 11.1 Å². The molecule has 3 atom stereocenters. The van der Waals surface area contributed by atoms with Crippen LogP contribution in [0.2, 0.25) is 0 Å². The van der Waals surface area contributed by atoms with Gasteiger partial charge in [-0.3, -0.25) is 14.9 Å². The fourth-order valence-corrected chi connectivity index (χ4v) is 3.18. The Morgan fingerprint density at radius 1 is 1.48 bits per heavy atom. The number of hydrogen-bond acceptors (Lipinski definition) is 4. The quantitative estimate of drug-likeness (QED) is 0.506. The highest BCUT2D eigenvalue weighted by Crippen LogP contribution is 2.34. The molecule has 0 heterocycles. The van der Waals surface area contributed by atoms with Crippen molar-refractivity contribution in [1.82, 2.24) is 5.32 Å². The molecule has 1 aliphatic carbocycles. The van der Waals surface area contributed by atoms with E-state index in [0.717, 1.165) is 19.3 Å². The molecule has 0 spiro atoms. The van der Waals surface area contributed by atoms with Crippen LogP contribution in [0.4, 0.5) is 11.4 Å². The number of benzene rings is 1. The molecule has 6 heteroatoms. The fraction of sp³-hybridized carbons (Fsp3) is 0.533. The van der Waals surface area contributed by atoms with Gasteiger partial charge >= 0.3 is 0 Å². The van der Waals surface area contributed by atoms with Gasteiger partial charge < -0.3 is 11.1 Å². The minimum absolute atomic E-state index is 0.0716. The van der Waals surface area contributed by atoms with E-state index in [4.69, 9.17) is 5.73 Å². The first kappa shape index (κ1) is 15.3. The molecule has 3 N–H and O–H groups in total. The van der Waals surface area contributed by atoms with Crippen LogP contribution in [0.1, 0.15) is 43.5 Å². The average Bonchev–Trinajstić information content (AvgIpc) is 2.79. The number of nitrogens with zero attached hydrogens (tertiary/aromatic N) is 1. The lowest BCUT2D eigenvalue weighted by Crippen LogP contribution is -2.37. The van der Waals surface area contributed by atoms with Gasteiger partial charge in [-0.15, -0.1) is 0 Å². The van der Waals surface area contributed by atoms with Crippen molar-refractivity contribution in [3.8, 4) is 0 Å². The number of nitrogens with one attached hydrogen (secondary N) is 1. The Kier molecular flexibility index (Phi) is 4.45. The van der Waals surface area contributed by atoms with Gasteiger partial charge in [0.05, 0.1) is 10.5 Å². The second kappa shape index (κ2) is 6.11. The molecule has 0 aliphatic heterocycles. The molecule has 0 aromatic heterocycles. The zero-order chi connectivity index (χ0) is 15.6. The van der Waals surface area contributed by atoms with Crippen molar-refractivity contribution in [2.45, 2.75) is 39.2 Å². The Bertz CT molecular complexity index is 559. The summed E-state index contributed by atoms with van der Waals surface area (Å²) in [5.41, 5.74) is 5.62. The van der Waals surface area contributed by atoms with E-state index in [0.29, 0.717) is 11.8 Å². The number of hydrogen-bond donors (Lipinski definition) is 2. The summed E-state index contributed by atoms with van der Waals surface area (Å²) in [6, 6.07) is 4.42. The van der Waals surface area contributed by atoms with Crippen LogP contribution in [0.5, 0.6) is 0 Å². The molecule has 6 nitrogen and oxygen atoms in total. The van der Waals surface area contributed by atoms with Crippen molar-refractivity contribution in [2.75, 3.05) is 5.73 Å². The van der Waals surface area contributed by atoms with E-state index in [1.165, 1.54) is 18.2 Å². The molecule has 114 valence electrons. The highest BCUT2D eigenvalue weighted by Gasteiger charge is 2.33. The van der Waals surface area contributed by atoms with E-state index in [2.05, 4.69) is 19.2 Å². The molecule has 21 heavy (non-hydrogen) atoms. The van der Waals surface area contributed by atoms with Crippen LogP contribution in [0.25, 0.3) is 0 Å². The molecular weight excluding hydrogens is 270 g/mol. The van der Waals surface area contributed by atoms with E-state index in [1.54, 1.807) is 0 Å². The summed E-state index contributed by atoms with van der Waals surface area (Å²) in [6.07, 6.45) is 3.15. The minimum atomic E-state index is -0.572. The molecule has 1 fully saturated rings. The first-order chi connectivity index (χ1) is 9.95. The summed E-state index contributed by atoms with van der Waals surface area (Å²) >= 11 is 0. The van der Waals surface area contributed by atoms with Crippen molar-refractivity contribution in [3.63, 3.8) is 0 Å². The number of nitrogens with two attached hydrogens (primary N) is 1. The van der Waals surface area contributed by atoms with Crippen LogP contribution in [0, 0.1) is 22.0 Å². The van der Waals surface area contributed by atoms with Crippen LogP contribution in [0.3, 0.4) is 0 Å². The lowest BCUT2D eigenvalue weighted by molar-refractivity contribution is -0.383. The molecule has 1 amide bonds. The predicted molar refractivity (Wildman–Crippen MR) is 80.9 cm³/mol. The second-order valence-electron chi connectivity index (χ2n) is 5.68. The first-order valence-electron chi connectivity index (χ1n) is 7.29. The van der Waals surface area contributed by atoms with Crippen LogP contribution in [-0.2, 0) is 0 Å². The summed E-state index contributed by atoms with van der Waals surface area (Å²) < 4.78 is 0. The van der Waals surface area contributed by atoms with Gasteiger partial charge in [-0.05, 0) is 30.7 Å². The van der Waals surface area contributed by atoms with Crippen LogP contribution >= 0.6 is 0 Å². The Balaban J connectivity index is 2.15. The van der Waals surface area contributed by atoms with Crippen LogP contribution in [0.15, 0.2) is 18.2 Å². The van der Waals surface area contributed by atoms with E-state index >= 15 is 0 Å². The number of nitro groups is 1. The highest BCUT2D eigenvalue weighted by atomic mass is 16.6. The van der Waals surface area contributed by atoms with Crippen molar-refractivity contribution in [3.05, 3.63) is 33.9 Å². The molecular formula is C15H21N3O3. The van der Waals surface area contributed by atoms with Gasteiger partial charge in [0.2, 0.25) is 0 Å². The Hall–Kier alpha value is -2.11. The van der Waals surface area contributed by atoms with Crippen molar-refractivity contribution < 1.29 is 9.72 Å². The monoisotopic (exact) mass is 291 g/mol. The van der Waals surface area contributed by atoms with Crippen molar-refractivity contribution in [2.24, 2.45) is 11.8 Å². The number of nitrogen functional groups attached to an aromatic ring is 1. The molecule has 1 aromatic carbocycles. The lowest BCUT2D eigenvalue weighted by atomic mass is 9.93. The van der Waals surface area contributed by atoms with Gasteiger partial charge in [0.15, 0.2) is 0 Å². The zero-order valence-corrected chi connectivity index (χ0v) is 12.3. The summed E-state index contributed by atoms with van der Waals surface area (Å²) in [6.45, 7) is 4.30. The normalized spacial score (nSPS) is 24.8. The summed E-state index contributed by atoms with van der Waals surface area (Å²) in [4.78, 5) is 22.6. The van der Waals surface area contributed by atoms with Gasteiger partial charge in [0, 0.05) is 12.1 Å². The third-order valence-corrected chi connectivity index (χ3v) is 4.59. The third kappa shape index (κ3) is 2.99. The minimum Gasteiger partial charge on any atom is -0.393 e. The van der Waals surface area contributed by atoms with Crippen molar-refractivity contribution in [1.29, 1.82) is 0 Å². The van der Waals surface area contributed by atoms with E-state index in [-0.39, 0.29) is 28.9 Å². The molecule has 2 rings (SSSR count). The maximum absolute atomic E-state index is 12.3. The zero-order valence-electron chi connectivity index (χ0n) is 12.3. The van der Waals surface area contributed by atoms with Gasteiger partial charge in [-0.1, -0.05) is 26.3 Å². The molecule has 1 saturated carbocycles. The number of amides is 1. The van der Waals surface area contributed by atoms with E-state index in [1.807, 2.05) is 0 Å². The lowest BCUT2D eigenvalue weighted by Gasteiger charge is -2.21. The molecule has 1 aliphatic rings. The Morgan fingerprint density at radius 2 is 2.19 bits per heavy atom. The topological polar surface area (TPSA) is 98.3 Å². The molecule has 1 aromatic rings. The largest absolute Gasteiger partial charge is 0.393 e. The van der Waals surface area contributed by atoms with Gasteiger partial charge in [-0.2, -0.15) is 0 Å². The van der Waals surface area contributed by atoms with Crippen molar-refractivity contribution >= 4 is 17.3 Å². The SMILES string of the molecule is CCC1CCC(NC(=O)c2cccc([N+](=O)[O-])c2N)C1C. The summed E-state index contributed by atoms with van der Waals surface area (Å²) in [5, 5.41) is 13.8. The predicted octanol–water partition coefficient (Wildman–Crippen LogP) is 2.73. The smallest absolute Gasteiger partial charge is 0.292 e. The summed E-state index contributed by atoms with van der Waals surface area (Å²) in [7, 11) is 0. The van der Waals surface area contributed by atoms with E-state index < -0.39 is 4.92 Å². The molecule has 0 bridgehead atoms. The van der Waals surface area contributed by atoms with Gasteiger partial charge in [0.25, 0.3) is 11.6 Å². The standard InChI is InChI=1S/C15H21N3O3/c1-3-10-7-8-12(9(10)2)17-15(19)11-5-4-6-13(14(11)16)18(20)21/h4-6,9-10,12H,3,7-8,16H2,1-2H3,(H,17,19). The molecule has 0 saturated heterocycles. The summed E-state index contributed by atoms with van der Waals surface area (Å²) in [5.74, 6) is 0.710. The number of para-hydroxylation sites is 1. The number of nitro benzene ring substituents is 1.